The standard InChI is InChI=1S/C13H20O/c1-10(2)13(14)9-11(3)12-7-5-4-6-8-12/h4-8,10-11,13-14H,9H2,1-3H3. The SMILES string of the molecule is CC(CC(O)C(C)C)c1ccccc1. The molecule has 1 aromatic carbocycles. The van der Waals surface area contributed by atoms with Gasteiger partial charge in [-0.2, -0.15) is 0 Å². The van der Waals surface area contributed by atoms with E-state index in [-0.39, 0.29) is 6.10 Å². The van der Waals surface area contributed by atoms with Gasteiger partial charge < -0.3 is 5.11 Å². The largest absolute Gasteiger partial charge is 0.393 e. The van der Waals surface area contributed by atoms with Crippen LogP contribution in [0.15, 0.2) is 30.3 Å². The van der Waals surface area contributed by atoms with Crippen molar-refractivity contribution in [1.29, 1.82) is 0 Å². The highest BCUT2D eigenvalue weighted by Gasteiger charge is 2.14. The lowest BCUT2D eigenvalue weighted by atomic mass is 9.91. The number of aliphatic hydroxyl groups is 1. The lowest BCUT2D eigenvalue weighted by Gasteiger charge is -2.19. The van der Waals surface area contributed by atoms with Gasteiger partial charge in [-0.15, -0.1) is 0 Å². The van der Waals surface area contributed by atoms with Crippen LogP contribution in [0.25, 0.3) is 0 Å². The molecule has 0 amide bonds. The van der Waals surface area contributed by atoms with Crippen molar-refractivity contribution >= 4 is 0 Å². The zero-order valence-corrected chi connectivity index (χ0v) is 9.27. The third kappa shape index (κ3) is 3.15. The molecule has 0 aliphatic rings. The normalized spacial score (nSPS) is 15.5. The quantitative estimate of drug-likeness (QED) is 0.776. The van der Waals surface area contributed by atoms with Gasteiger partial charge in [-0.3, -0.25) is 0 Å². The minimum Gasteiger partial charge on any atom is -0.393 e. The first-order valence-electron chi connectivity index (χ1n) is 5.34. The summed E-state index contributed by atoms with van der Waals surface area (Å²) in [6.45, 7) is 6.28. The zero-order chi connectivity index (χ0) is 10.6. The average molecular weight is 192 g/mol. The molecule has 0 saturated heterocycles. The molecule has 0 aliphatic carbocycles. The van der Waals surface area contributed by atoms with Gasteiger partial charge in [0.1, 0.15) is 0 Å². The molecule has 1 aromatic rings. The van der Waals surface area contributed by atoms with Crippen molar-refractivity contribution in [2.45, 2.75) is 39.2 Å². The second kappa shape index (κ2) is 5.16. The van der Waals surface area contributed by atoms with Gasteiger partial charge in [0.25, 0.3) is 0 Å². The number of hydrogen-bond donors (Lipinski definition) is 1. The van der Waals surface area contributed by atoms with Gasteiger partial charge >= 0.3 is 0 Å². The second-order valence-corrected chi connectivity index (χ2v) is 4.36. The van der Waals surface area contributed by atoms with Crippen LogP contribution in [-0.4, -0.2) is 11.2 Å². The number of benzene rings is 1. The highest BCUT2D eigenvalue weighted by Crippen LogP contribution is 2.22. The van der Waals surface area contributed by atoms with Crippen LogP contribution in [0, 0.1) is 5.92 Å². The first kappa shape index (κ1) is 11.3. The fourth-order valence-corrected chi connectivity index (χ4v) is 1.55. The first-order chi connectivity index (χ1) is 6.61. The number of rotatable bonds is 4. The number of aliphatic hydroxyl groups excluding tert-OH is 1. The predicted octanol–water partition coefficient (Wildman–Crippen LogP) is 3.20. The number of hydrogen-bond acceptors (Lipinski definition) is 1. The Morgan fingerprint density at radius 1 is 1.07 bits per heavy atom. The molecule has 2 atom stereocenters. The molecule has 0 saturated carbocycles. The molecular formula is C13H20O. The highest BCUT2D eigenvalue weighted by atomic mass is 16.3. The van der Waals surface area contributed by atoms with E-state index in [1.807, 2.05) is 18.2 Å². The molecule has 78 valence electrons. The van der Waals surface area contributed by atoms with Crippen molar-refractivity contribution in [2.75, 3.05) is 0 Å². The van der Waals surface area contributed by atoms with E-state index in [9.17, 15) is 5.11 Å². The summed E-state index contributed by atoms with van der Waals surface area (Å²) in [5.74, 6) is 0.787. The van der Waals surface area contributed by atoms with Gasteiger partial charge in [0.15, 0.2) is 0 Å². The molecule has 0 heterocycles. The Bertz CT molecular complexity index is 253. The maximum absolute atomic E-state index is 9.76. The van der Waals surface area contributed by atoms with Crippen LogP contribution >= 0.6 is 0 Å². The van der Waals surface area contributed by atoms with Crippen molar-refractivity contribution in [3.63, 3.8) is 0 Å². The topological polar surface area (TPSA) is 20.2 Å². The zero-order valence-electron chi connectivity index (χ0n) is 9.27. The molecule has 1 nitrogen and oxygen atoms in total. The lowest BCUT2D eigenvalue weighted by molar-refractivity contribution is 0.110. The van der Waals surface area contributed by atoms with Crippen molar-refractivity contribution < 1.29 is 5.11 Å². The van der Waals surface area contributed by atoms with Crippen LogP contribution in [0.1, 0.15) is 38.7 Å². The van der Waals surface area contributed by atoms with Gasteiger partial charge in [0, 0.05) is 0 Å². The van der Waals surface area contributed by atoms with E-state index in [1.165, 1.54) is 5.56 Å². The van der Waals surface area contributed by atoms with Crippen LogP contribution in [0.4, 0.5) is 0 Å². The molecule has 1 N–H and O–H groups in total. The maximum atomic E-state index is 9.76. The van der Waals surface area contributed by atoms with Crippen LogP contribution in [0.2, 0.25) is 0 Å². The Kier molecular flexibility index (Phi) is 4.15. The minimum absolute atomic E-state index is 0.190. The molecule has 0 radical (unpaired) electrons. The Morgan fingerprint density at radius 2 is 1.64 bits per heavy atom. The van der Waals surface area contributed by atoms with E-state index in [0.717, 1.165) is 6.42 Å². The smallest absolute Gasteiger partial charge is 0.0568 e. The summed E-state index contributed by atoms with van der Waals surface area (Å²) in [6.07, 6.45) is 0.659. The third-order valence-corrected chi connectivity index (χ3v) is 2.73. The summed E-state index contributed by atoms with van der Waals surface area (Å²) < 4.78 is 0. The fourth-order valence-electron chi connectivity index (χ4n) is 1.55. The van der Waals surface area contributed by atoms with Gasteiger partial charge in [-0.05, 0) is 23.8 Å². The molecule has 1 rings (SSSR count). The van der Waals surface area contributed by atoms with Crippen molar-refractivity contribution in [3.05, 3.63) is 35.9 Å². The maximum Gasteiger partial charge on any atom is 0.0568 e. The molecule has 2 unspecified atom stereocenters. The molecule has 1 heteroatoms. The van der Waals surface area contributed by atoms with Crippen molar-refractivity contribution in [3.8, 4) is 0 Å². The van der Waals surface area contributed by atoms with Crippen LogP contribution in [-0.2, 0) is 0 Å². The minimum atomic E-state index is -0.190. The molecule has 0 aromatic heterocycles. The van der Waals surface area contributed by atoms with Crippen LogP contribution in [0.3, 0.4) is 0 Å². The summed E-state index contributed by atoms with van der Waals surface area (Å²) in [5.41, 5.74) is 1.31. The predicted molar refractivity (Wildman–Crippen MR) is 60.3 cm³/mol. The first-order valence-corrected chi connectivity index (χ1v) is 5.34. The molecular weight excluding hydrogens is 172 g/mol. The van der Waals surface area contributed by atoms with Gasteiger partial charge in [-0.25, -0.2) is 0 Å². The summed E-state index contributed by atoms with van der Waals surface area (Å²) in [4.78, 5) is 0. The van der Waals surface area contributed by atoms with E-state index in [2.05, 4.69) is 32.9 Å². The summed E-state index contributed by atoms with van der Waals surface area (Å²) in [6, 6.07) is 10.4. The van der Waals surface area contributed by atoms with Crippen LogP contribution in [0.5, 0.6) is 0 Å². The lowest BCUT2D eigenvalue weighted by Crippen LogP contribution is -2.17. The second-order valence-electron chi connectivity index (χ2n) is 4.36. The third-order valence-electron chi connectivity index (χ3n) is 2.73. The van der Waals surface area contributed by atoms with E-state index in [4.69, 9.17) is 0 Å². The van der Waals surface area contributed by atoms with Crippen molar-refractivity contribution in [2.24, 2.45) is 5.92 Å². The summed E-state index contributed by atoms with van der Waals surface area (Å²) in [7, 11) is 0. The van der Waals surface area contributed by atoms with Crippen LogP contribution < -0.4 is 0 Å². The monoisotopic (exact) mass is 192 g/mol. The van der Waals surface area contributed by atoms with Gasteiger partial charge in [0.2, 0.25) is 0 Å². The molecule has 0 spiro atoms. The van der Waals surface area contributed by atoms with Crippen molar-refractivity contribution in [1.82, 2.24) is 0 Å². The highest BCUT2D eigenvalue weighted by molar-refractivity contribution is 5.18. The Morgan fingerprint density at radius 3 is 2.14 bits per heavy atom. The molecule has 0 fully saturated rings. The van der Waals surface area contributed by atoms with E-state index in [0.29, 0.717) is 11.8 Å². The Balaban J connectivity index is 2.55. The van der Waals surface area contributed by atoms with Gasteiger partial charge in [-0.1, -0.05) is 51.1 Å². The summed E-state index contributed by atoms with van der Waals surface area (Å²) >= 11 is 0. The average Bonchev–Trinajstić information content (AvgIpc) is 2.19. The molecule has 14 heavy (non-hydrogen) atoms. The van der Waals surface area contributed by atoms with E-state index >= 15 is 0 Å². The molecule has 0 aliphatic heterocycles. The van der Waals surface area contributed by atoms with E-state index < -0.39 is 0 Å². The van der Waals surface area contributed by atoms with E-state index in [1.54, 1.807) is 0 Å². The Hall–Kier alpha value is -0.820. The Labute approximate surface area is 86.8 Å². The summed E-state index contributed by atoms with van der Waals surface area (Å²) in [5, 5.41) is 9.76. The van der Waals surface area contributed by atoms with Gasteiger partial charge in [0.05, 0.1) is 6.10 Å². The fraction of sp³-hybridized carbons (Fsp3) is 0.538. The molecule has 0 bridgehead atoms.